The number of thioether (sulfide) groups is 1. The molecule has 1 aromatic carbocycles. The third-order valence-corrected chi connectivity index (χ3v) is 5.84. The molecule has 0 bridgehead atoms. The van der Waals surface area contributed by atoms with Gasteiger partial charge in [-0.3, -0.25) is 4.79 Å². The van der Waals surface area contributed by atoms with E-state index in [-0.39, 0.29) is 5.91 Å². The van der Waals surface area contributed by atoms with Crippen LogP contribution in [0.1, 0.15) is 51.8 Å². The van der Waals surface area contributed by atoms with E-state index in [0.717, 1.165) is 58.4 Å². The summed E-state index contributed by atoms with van der Waals surface area (Å²) in [5.74, 6) is 3.44. The number of hydrogen-bond donors (Lipinski definition) is 1. The molecule has 3 heterocycles. The van der Waals surface area contributed by atoms with E-state index in [1.54, 1.807) is 6.07 Å². The Morgan fingerprint density at radius 1 is 1.31 bits per heavy atom. The second-order valence-electron chi connectivity index (χ2n) is 6.81. The molecule has 6 nitrogen and oxygen atoms in total. The van der Waals surface area contributed by atoms with Crippen LogP contribution in [0.25, 0.3) is 5.69 Å². The van der Waals surface area contributed by atoms with E-state index in [4.69, 9.17) is 9.62 Å². The Hall–Kier alpha value is -2.54. The van der Waals surface area contributed by atoms with Gasteiger partial charge in [0.15, 0.2) is 5.69 Å². The largest absolute Gasteiger partial charge is 0.360 e. The smallest absolute Gasteiger partial charge is 0.279 e. The molecule has 0 radical (unpaired) electrons. The molecule has 1 aliphatic heterocycles. The highest BCUT2D eigenvalue weighted by atomic mass is 32.2. The summed E-state index contributed by atoms with van der Waals surface area (Å²) >= 11 is 1.81. The summed E-state index contributed by atoms with van der Waals surface area (Å²) in [7, 11) is 0. The molecule has 1 N–H and O–H groups in total. The highest BCUT2D eigenvalue weighted by Gasteiger charge is 2.30. The summed E-state index contributed by atoms with van der Waals surface area (Å²) in [5.41, 5.74) is 4.53. The maximum absolute atomic E-state index is 12.8. The molecule has 1 fully saturated rings. The summed E-state index contributed by atoms with van der Waals surface area (Å²) in [6.45, 7) is 2.04. The molecule has 1 amide bonds. The minimum atomic E-state index is -0.255. The van der Waals surface area contributed by atoms with Gasteiger partial charge in [0.1, 0.15) is 11.6 Å². The third-order valence-electron chi connectivity index (χ3n) is 4.87. The molecule has 5 rings (SSSR count). The number of aryl methyl sites for hydroxylation is 1. The van der Waals surface area contributed by atoms with Crippen molar-refractivity contribution in [3.63, 3.8) is 0 Å². The van der Waals surface area contributed by atoms with Gasteiger partial charge in [-0.25, -0.2) is 4.68 Å². The van der Waals surface area contributed by atoms with E-state index in [0.29, 0.717) is 11.6 Å². The Bertz CT molecular complexity index is 1000. The van der Waals surface area contributed by atoms with Crippen LogP contribution in [-0.4, -0.2) is 20.8 Å². The van der Waals surface area contributed by atoms with Crippen LogP contribution in [0.5, 0.6) is 0 Å². The predicted molar refractivity (Wildman–Crippen MR) is 99.7 cm³/mol. The second-order valence-corrected chi connectivity index (χ2v) is 7.79. The van der Waals surface area contributed by atoms with Crippen LogP contribution >= 0.6 is 11.8 Å². The topological polar surface area (TPSA) is 73.0 Å². The number of fused-ring (bicyclic) bond motifs is 1. The molecule has 3 aromatic rings. The predicted octanol–water partition coefficient (Wildman–Crippen LogP) is 4.05. The summed E-state index contributed by atoms with van der Waals surface area (Å²) in [6.07, 6.45) is 2.22. The first kappa shape index (κ1) is 15.7. The van der Waals surface area contributed by atoms with Crippen molar-refractivity contribution in [3.8, 4) is 5.69 Å². The summed E-state index contributed by atoms with van der Waals surface area (Å²) in [5, 5.41) is 11.7. The number of rotatable bonds is 4. The van der Waals surface area contributed by atoms with Crippen LogP contribution in [0, 0.1) is 6.92 Å². The van der Waals surface area contributed by atoms with Crippen LogP contribution < -0.4 is 5.32 Å². The van der Waals surface area contributed by atoms with E-state index in [2.05, 4.69) is 10.5 Å². The molecule has 0 spiro atoms. The molecule has 26 heavy (non-hydrogen) atoms. The molecule has 1 saturated carbocycles. The fourth-order valence-corrected chi connectivity index (χ4v) is 4.28. The third kappa shape index (κ3) is 2.63. The SMILES string of the molecule is Cc1ccccc1-n1nc2c(c1NC(=O)c1cc(C3CC3)on1)CSC2. The Labute approximate surface area is 154 Å². The Morgan fingerprint density at radius 3 is 2.96 bits per heavy atom. The number of nitrogens with one attached hydrogen (secondary N) is 1. The van der Waals surface area contributed by atoms with Gasteiger partial charge in [-0.05, 0) is 31.4 Å². The van der Waals surface area contributed by atoms with Crippen molar-refractivity contribution in [2.75, 3.05) is 5.32 Å². The van der Waals surface area contributed by atoms with Gasteiger partial charge in [-0.2, -0.15) is 16.9 Å². The van der Waals surface area contributed by atoms with Crippen molar-refractivity contribution < 1.29 is 9.32 Å². The quantitative estimate of drug-likeness (QED) is 0.754. The molecule has 2 aliphatic rings. The van der Waals surface area contributed by atoms with Gasteiger partial charge in [0.2, 0.25) is 0 Å². The van der Waals surface area contributed by atoms with Crippen LogP contribution in [0.2, 0.25) is 0 Å². The Kier molecular flexibility index (Phi) is 3.63. The first-order chi connectivity index (χ1) is 12.7. The van der Waals surface area contributed by atoms with E-state index in [1.165, 1.54) is 0 Å². The number of hydrogen-bond acceptors (Lipinski definition) is 5. The standard InChI is InChI=1S/C19H18N4O2S/c1-11-4-2-3-5-16(11)23-18(13-9-26-10-15(13)21-23)20-19(24)14-8-17(25-22-14)12-6-7-12/h2-5,8,12H,6-7,9-10H2,1H3,(H,20,24). The van der Waals surface area contributed by atoms with Gasteiger partial charge in [0.05, 0.1) is 11.4 Å². The zero-order valence-electron chi connectivity index (χ0n) is 14.4. The number of carbonyl (C=O) groups excluding carboxylic acids is 1. The number of anilines is 1. The van der Waals surface area contributed by atoms with Gasteiger partial charge >= 0.3 is 0 Å². The minimum Gasteiger partial charge on any atom is -0.360 e. The average molecular weight is 366 g/mol. The maximum atomic E-state index is 12.8. The zero-order valence-corrected chi connectivity index (χ0v) is 15.2. The number of para-hydroxylation sites is 1. The fourth-order valence-electron chi connectivity index (χ4n) is 3.24. The van der Waals surface area contributed by atoms with Crippen LogP contribution in [0.4, 0.5) is 5.82 Å². The molecular weight excluding hydrogens is 348 g/mol. The molecule has 0 saturated heterocycles. The van der Waals surface area contributed by atoms with Crippen molar-refractivity contribution >= 4 is 23.5 Å². The van der Waals surface area contributed by atoms with Crippen molar-refractivity contribution in [3.05, 3.63) is 58.6 Å². The van der Waals surface area contributed by atoms with Crippen LogP contribution in [0.15, 0.2) is 34.9 Å². The molecule has 2 aromatic heterocycles. The van der Waals surface area contributed by atoms with Crippen LogP contribution in [-0.2, 0) is 11.5 Å². The number of carbonyl (C=O) groups is 1. The number of amides is 1. The summed E-state index contributed by atoms with van der Waals surface area (Å²) < 4.78 is 7.16. The Morgan fingerprint density at radius 2 is 2.15 bits per heavy atom. The van der Waals surface area contributed by atoms with E-state index >= 15 is 0 Å². The normalized spacial score (nSPS) is 15.9. The van der Waals surface area contributed by atoms with E-state index in [1.807, 2.05) is 47.6 Å². The maximum Gasteiger partial charge on any atom is 0.279 e. The lowest BCUT2D eigenvalue weighted by atomic mass is 10.2. The van der Waals surface area contributed by atoms with Crippen molar-refractivity contribution in [1.29, 1.82) is 0 Å². The molecule has 0 unspecified atom stereocenters. The lowest BCUT2D eigenvalue weighted by Gasteiger charge is -2.12. The number of aromatic nitrogens is 3. The monoisotopic (exact) mass is 366 g/mol. The van der Waals surface area contributed by atoms with Crippen molar-refractivity contribution in [1.82, 2.24) is 14.9 Å². The fraction of sp³-hybridized carbons (Fsp3) is 0.316. The van der Waals surface area contributed by atoms with E-state index in [9.17, 15) is 4.79 Å². The summed E-state index contributed by atoms with van der Waals surface area (Å²) in [6, 6.07) is 9.80. The average Bonchev–Trinajstić information content (AvgIpc) is 3.06. The van der Waals surface area contributed by atoms with Crippen LogP contribution in [0.3, 0.4) is 0 Å². The molecule has 132 valence electrons. The number of nitrogens with zero attached hydrogens (tertiary/aromatic N) is 3. The second kappa shape index (κ2) is 6.02. The van der Waals surface area contributed by atoms with Crippen molar-refractivity contribution in [2.45, 2.75) is 37.2 Å². The highest BCUT2D eigenvalue weighted by Crippen LogP contribution is 2.40. The highest BCUT2D eigenvalue weighted by molar-refractivity contribution is 7.98. The van der Waals surface area contributed by atoms with Gasteiger partial charge in [-0.15, -0.1) is 0 Å². The first-order valence-corrected chi connectivity index (χ1v) is 9.88. The minimum absolute atomic E-state index is 0.255. The lowest BCUT2D eigenvalue weighted by Crippen LogP contribution is -2.17. The zero-order chi connectivity index (χ0) is 17.7. The molecule has 7 heteroatoms. The van der Waals surface area contributed by atoms with E-state index < -0.39 is 0 Å². The summed E-state index contributed by atoms with van der Waals surface area (Å²) in [4.78, 5) is 12.8. The number of benzene rings is 1. The lowest BCUT2D eigenvalue weighted by molar-refractivity contribution is 0.101. The Balaban J connectivity index is 1.51. The van der Waals surface area contributed by atoms with Gasteiger partial charge in [-0.1, -0.05) is 23.4 Å². The molecule has 1 aliphatic carbocycles. The van der Waals surface area contributed by atoms with Gasteiger partial charge < -0.3 is 9.84 Å². The van der Waals surface area contributed by atoms with Crippen molar-refractivity contribution in [2.24, 2.45) is 0 Å². The van der Waals surface area contributed by atoms with Gasteiger partial charge in [0.25, 0.3) is 5.91 Å². The first-order valence-electron chi connectivity index (χ1n) is 8.73. The molecule has 0 atom stereocenters. The molecular formula is C19H18N4O2S. The van der Waals surface area contributed by atoms with Gasteiger partial charge in [0, 0.05) is 29.1 Å².